The Morgan fingerprint density at radius 2 is 1.20 bits per heavy atom. The summed E-state index contributed by atoms with van der Waals surface area (Å²) in [4.78, 5) is 58.9. The zero-order valence-corrected chi connectivity index (χ0v) is 28.1. The van der Waals surface area contributed by atoms with Crippen LogP contribution in [0.1, 0.15) is 61.8 Å². The van der Waals surface area contributed by atoms with Gasteiger partial charge < -0.3 is 63.7 Å². The number of esters is 2. The maximum Gasteiger partial charge on any atom is 2.00 e. The van der Waals surface area contributed by atoms with Crippen LogP contribution >= 0.6 is 0 Å². The number of terminal acetylenes is 2. The molecule has 41 heavy (non-hydrogen) atoms. The first kappa shape index (κ1) is 51.2. The summed E-state index contributed by atoms with van der Waals surface area (Å²) in [5.41, 5.74) is -3.24. The Morgan fingerprint density at radius 1 is 0.829 bits per heavy atom. The molecule has 0 aromatic rings. The molecule has 0 spiro atoms. The predicted octanol–water partition coefficient (Wildman–Crippen LogP) is -0.769. The first-order valence-electron chi connectivity index (χ1n) is 11.3. The van der Waals surface area contributed by atoms with Crippen LogP contribution in [0.2, 0.25) is 0 Å². The van der Waals surface area contributed by atoms with Gasteiger partial charge in [-0.05, 0) is 41.5 Å². The molecule has 0 aromatic carbocycles. The molecule has 0 fully saturated rings. The number of ether oxygens (including phenoxy) is 4. The van der Waals surface area contributed by atoms with Gasteiger partial charge in [-0.25, -0.2) is 19.2 Å². The van der Waals surface area contributed by atoms with E-state index in [1.165, 1.54) is 23.9 Å². The number of methoxy groups -OCH3 is 2. The van der Waals surface area contributed by atoms with Gasteiger partial charge in [0, 0.05) is 40.0 Å². The largest absolute Gasteiger partial charge is 2.00 e. The van der Waals surface area contributed by atoms with Gasteiger partial charge in [0.15, 0.2) is 0 Å². The van der Waals surface area contributed by atoms with Crippen LogP contribution in [-0.4, -0.2) is 126 Å². The van der Waals surface area contributed by atoms with Crippen LogP contribution in [0, 0.1) is 25.2 Å². The SMILES string of the molecule is C.C#CC(O)(CCN(C)C(=O)OC(C)(C)C)C(=O)OC.COC(=O)C(=O)CCN(C)C(=O)OC(C)(C)C.[Br-].[C-]#C.[Mg+2]. The molecule has 0 saturated carbocycles. The quantitative estimate of drug-likeness (QED) is 0.0878. The second-order valence-corrected chi connectivity index (χ2v) is 9.71. The molecule has 0 saturated heterocycles. The van der Waals surface area contributed by atoms with Crippen molar-refractivity contribution in [2.24, 2.45) is 0 Å². The number of Topliss-reactive ketones (excluding diaryl/α,β-unsaturated/α-hetero) is 1. The van der Waals surface area contributed by atoms with Gasteiger partial charge in [0.05, 0.1) is 14.2 Å². The number of nitrogens with zero attached hydrogens (tertiary/aromatic N) is 2. The van der Waals surface area contributed by atoms with E-state index in [0.29, 0.717) is 0 Å². The molecule has 0 aliphatic rings. The summed E-state index contributed by atoms with van der Waals surface area (Å²) in [6.45, 7) is 10.6. The summed E-state index contributed by atoms with van der Waals surface area (Å²) in [5.74, 6) is -0.514. The van der Waals surface area contributed by atoms with E-state index in [9.17, 15) is 29.1 Å². The molecule has 0 radical (unpaired) electrons. The molecule has 0 aromatic heterocycles. The fourth-order valence-corrected chi connectivity index (χ4v) is 2.08. The van der Waals surface area contributed by atoms with Gasteiger partial charge in [-0.3, -0.25) is 4.79 Å². The van der Waals surface area contributed by atoms with E-state index < -0.39 is 46.7 Å². The van der Waals surface area contributed by atoms with Gasteiger partial charge in [0.25, 0.3) is 0 Å². The molecule has 0 aliphatic carbocycles. The molecule has 14 heteroatoms. The van der Waals surface area contributed by atoms with Crippen molar-refractivity contribution in [2.75, 3.05) is 41.4 Å². The number of hydrogen-bond acceptors (Lipinski definition) is 10. The van der Waals surface area contributed by atoms with Crippen LogP contribution in [-0.2, 0) is 33.3 Å². The Kier molecular flexibility index (Phi) is 30.1. The van der Waals surface area contributed by atoms with E-state index in [1.807, 2.05) is 5.92 Å². The monoisotopic (exact) mass is 660 g/mol. The van der Waals surface area contributed by atoms with Crippen molar-refractivity contribution in [2.45, 2.75) is 78.6 Å². The van der Waals surface area contributed by atoms with Gasteiger partial charge in [0.1, 0.15) is 11.2 Å². The van der Waals surface area contributed by atoms with Crippen LogP contribution in [0.25, 0.3) is 0 Å². The number of aliphatic hydroxyl groups is 1. The van der Waals surface area contributed by atoms with Gasteiger partial charge >= 0.3 is 47.2 Å². The molecule has 2 amide bonds. The van der Waals surface area contributed by atoms with E-state index >= 15 is 0 Å². The third-order valence-electron chi connectivity index (χ3n) is 4.07. The van der Waals surface area contributed by atoms with Crippen LogP contribution in [0.3, 0.4) is 0 Å². The van der Waals surface area contributed by atoms with Crippen LogP contribution in [0.4, 0.5) is 9.59 Å². The number of rotatable bonds is 8. The molecule has 12 nitrogen and oxygen atoms in total. The maximum absolute atomic E-state index is 11.7. The van der Waals surface area contributed by atoms with Gasteiger partial charge in [0.2, 0.25) is 11.4 Å². The second-order valence-electron chi connectivity index (χ2n) is 9.71. The van der Waals surface area contributed by atoms with E-state index in [0.717, 1.165) is 14.2 Å². The summed E-state index contributed by atoms with van der Waals surface area (Å²) in [6, 6.07) is 0. The van der Waals surface area contributed by atoms with E-state index in [2.05, 4.69) is 15.9 Å². The van der Waals surface area contributed by atoms with Gasteiger partial charge in [-0.15, -0.1) is 6.42 Å². The molecule has 0 aliphatic heterocycles. The van der Waals surface area contributed by atoms with Crippen LogP contribution in [0.5, 0.6) is 0 Å². The Bertz CT molecular complexity index is 876. The fourth-order valence-electron chi connectivity index (χ4n) is 2.08. The zero-order valence-electron chi connectivity index (χ0n) is 25.1. The van der Waals surface area contributed by atoms with E-state index in [1.54, 1.807) is 41.5 Å². The van der Waals surface area contributed by atoms with Crippen LogP contribution in [0.15, 0.2) is 0 Å². The van der Waals surface area contributed by atoms with E-state index in [-0.39, 0.29) is 73.4 Å². The average Bonchev–Trinajstić information content (AvgIpc) is 2.83. The van der Waals surface area contributed by atoms with Crippen molar-refractivity contribution in [3.05, 3.63) is 6.42 Å². The molecule has 0 rings (SSSR count). The topological polar surface area (TPSA) is 149 Å². The van der Waals surface area contributed by atoms with Crippen molar-refractivity contribution in [1.82, 2.24) is 9.80 Å². The summed E-state index contributed by atoms with van der Waals surface area (Å²) < 4.78 is 18.9. The van der Waals surface area contributed by atoms with Gasteiger partial charge in [-0.1, -0.05) is 13.3 Å². The van der Waals surface area contributed by atoms with Gasteiger partial charge in [-0.2, -0.15) is 0 Å². The predicted molar refractivity (Wildman–Crippen MR) is 150 cm³/mol. The zero-order chi connectivity index (χ0) is 30.9. The minimum atomic E-state index is -2.04. The second kappa shape index (κ2) is 24.1. The summed E-state index contributed by atoms with van der Waals surface area (Å²) in [5, 5.41) is 9.86. The van der Waals surface area contributed by atoms with Crippen molar-refractivity contribution in [3.8, 4) is 18.8 Å². The standard InChI is InChI=1S/C13H21NO5.C11H19NO5.C2H.CH4.BrH.Mg/c1-7-13(17,10(15)18-6)8-9-14(5)11(16)19-12(2,3)4;1-11(2,3)17-10(15)12(4)7-6-8(13)9(14)16-5;1-2;;;/h1,17H,8-9H2,2-6H3;6-7H2,1-5H3;1H;1H4;1H;/q;;-1;;;+2/p-1. The molecular weight excluding hydrogens is 617 g/mol. The number of ketones is 1. The molecule has 1 N–H and O–H groups in total. The summed E-state index contributed by atoms with van der Waals surface area (Å²) >= 11 is 0. The molecule has 1 unspecified atom stereocenters. The first-order chi connectivity index (χ1) is 17.2. The van der Waals surface area contributed by atoms with Crippen molar-refractivity contribution >= 4 is 53.0 Å². The van der Waals surface area contributed by atoms with E-state index in [4.69, 9.17) is 22.3 Å². The Balaban J connectivity index is -0.000000132. The minimum Gasteiger partial charge on any atom is -1.00 e. The van der Waals surface area contributed by atoms with Crippen molar-refractivity contribution in [1.29, 1.82) is 0 Å². The third-order valence-corrected chi connectivity index (χ3v) is 4.07. The molecule has 1 atom stereocenters. The molecular formula is C27H45BrMgN2O10. The van der Waals surface area contributed by atoms with Crippen LogP contribution < -0.4 is 17.0 Å². The maximum atomic E-state index is 11.7. The number of hydrogen-bond donors (Lipinski definition) is 1. The Hall–Kier alpha value is -2.52. The molecule has 0 bridgehead atoms. The first-order valence-corrected chi connectivity index (χ1v) is 11.3. The number of carbonyl (C=O) groups is 5. The third kappa shape index (κ3) is 25.0. The molecule has 232 valence electrons. The Morgan fingerprint density at radius 3 is 1.49 bits per heavy atom. The fraction of sp³-hybridized carbons (Fsp3) is 0.667. The molecule has 0 heterocycles. The van der Waals surface area contributed by atoms with Crippen molar-refractivity contribution in [3.63, 3.8) is 0 Å². The number of carbonyl (C=O) groups excluding carboxylic acids is 5. The van der Waals surface area contributed by atoms with Crippen molar-refractivity contribution < 1.29 is 65.0 Å². The Labute approximate surface area is 272 Å². The number of amides is 2. The number of halogens is 1. The average molecular weight is 662 g/mol. The minimum absolute atomic E-state index is 0. The smallest absolute Gasteiger partial charge is 1.00 e. The summed E-state index contributed by atoms with van der Waals surface area (Å²) in [7, 11) is 5.25. The normalized spacial score (nSPS) is 10.9. The summed E-state index contributed by atoms with van der Waals surface area (Å²) in [6.07, 6.45) is 12.8.